The Morgan fingerprint density at radius 2 is 1.88 bits per heavy atom. The molecule has 1 heterocycles. The zero-order valence-electron chi connectivity index (χ0n) is 13.5. The highest BCUT2D eigenvalue weighted by atomic mass is 127. The van der Waals surface area contributed by atoms with Gasteiger partial charge < -0.3 is 9.63 Å². The Balaban J connectivity index is 1.80. The van der Waals surface area contributed by atoms with Crippen LogP contribution in [0.1, 0.15) is 21.7 Å². The van der Waals surface area contributed by atoms with Crippen molar-refractivity contribution in [2.45, 2.75) is 6.92 Å². The van der Waals surface area contributed by atoms with Crippen LogP contribution in [0, 0.1) is 14.1 Å². The largest absolute Gasteiger partial charge is 0.506 e. The number of nitrogens with one attached hydrogen (secondary N) is 1. The molecule has 0 aliphatic heterocycles. The van der Waals surface area contributed by atoms with Gasteiger partial charge in [-0.1, -0.05) is 35.5 Å². The number of aromatic nitrogens is 1. The number of phenols is 1. The van der Waals surface area contributed by atoms with Gasteiger partial charge in [-0.2, -0.15) is 5.10 Å². The highest BCUT2D eigenvalue weighted by Crippen LogP contribution is 2.27. The summed E-state index contributed by atoms with van der Waals surface area (Å²) in [6, 6.07) is 12.9. The van der Waals surface area contributed by atoms with Crippen molar-refractivity contribution in [1.82, 2.24) is 10.6 Å². The molecule has 8 heteroatoms. The molecule has 0 radical (unpaired) electrons. The molecule has 0 spiro atoms. The van der Waals surface area contributed by atoms with E-state index in [1.165, 1.54) is 6.21 Å². The predicted octanol–water partition coefficient (Wildman–Crippen LogP) is 4.33. The molecule has 0 fully saturated rings. The normalized spacial score (nSPS) is 11.0. The van der Waals surface area contributed by atoms with E-state index in [4.69, 9.17) is 4.52 Å². The minimum atomic E-state index is -0.401. The Hall–Kier alpha value is -1.95. The average Bonchev–Trinajstić information content (AvgIpc) is 3.02. The van der Waals surface area contributed by atoms with Crippen LogP contribution >= 0.6 is 45.2 Å². The summed E-state index contributed by atoms with van der Waals surface area (Å²) in [7, 11) is 0. The fraction of sp³-hybridized carbons (Fsp3) is 0.0556. The van der Waals surface area contributed by atoms with Crippen molar-refractivity contribution in [2.24, 2.45) is 5.10 Å². The van der Waals surface area contributed by atoms with Crippen LogP contribution in [0.2, 0.25) is 0 Å². The van der Waals surface area contributed by atoms with Gasteiger partial charge in [0.25, 0.3) is 5.91 Å². The van der Waals surface area contributed by atoms with Crippen molar-refractivity contribution in [3.8, 4) is 17.0 Å². The van der Waals surface area contributed by atoms with Crippen LogP contribution in [0.4, 0.5) is 0 Å². The number of benzene rings is 2. The maximum atomic E-state index is 12.5. The average molecular weight is 573 g/mol. The fourth-order valence-electron chi connectivity index (χ4n) is 2.31. The number of hydrazone groups is 1. The third-order valence-electron chi connectivity index (χ3n) is 3.56. The highest BCUT2D eigenvalue weighted by Gasteiger charge is 2.21. The van der Waals surface area contributed by atoms with Crippen molar-refractivity contribution in [2.75, 3.05) is 0 Å². The molecular formula is C18H13I2N3O3. The van der Waals surface area contributed by atoms with Crippen LogP contribution in [0.25, 0.3) is 11.3 Å². The maximum absolute atomic E-state index is 12.5. The molecule has 0 saturated carbocycles. The lowest BCUT2D eigenvalue weighted by molar-refractivity contribution is 0.0954. The van der Waals surface area contributed by atoms with Crippen molar-refractivity contribution in [1.29, 1.82) is 0 Å². The number of halogens is 2. The molecule has 0 aliphatic carbocycles. The zero-order valence-corrected chi connectivity index (χ0v) is 17.8. The summed E-state index contributed by atoms with van der Waals surface area (Å²) in [6.45, 7) is 1.68. The SMILES string of the molecule is Cc1onc(-c2ccccc2)c1C(=O)N/N=C\c1cc(I)c(O)c(I)c1. The molecule has 3 aromatic rings. The highest BCUT2D eigenvalue weighted by molar-refractivity contribution is 14.1. The molecule has 3 rings (SSSR count). The molecule has 0 saturated heterocycles. The molecule has 0 bridgehead atoms. The van der Waals surface area contributed by atoms with E-state index in [0.29, 0.717) is 24.2 Å². The molecule has 2 aromatic carbocycles. The van der Waals surface area contributed by atoms with E-state index in [2.05, 4.69) is 15.7 Å². The molecule has 6 nitrogen and oxygen atoms in total. The number of phenolic OH excluding ortho intramolecular Hbond substituents is 1. The van der Waals surface area contributed by atoms with Crippen LogP contribution in [-0.4, -0.2) is 22.4 Å². The first kappa shape index (κ1) is 18.8. The number of aromatic hydroxyl groups is 1. The van der Waals surface area contributed by atoms with Gasteiger partial charge in [0.2, 0.25) is 0 Å². The summed E-state index contributed by atoms with van der Waals surface area (Å²) in [5.74, 6) is 0.257. The van der Waals surface area contributed by atoms with E-state index < -0.39 is 5.91 Å². The van der Waals surface area contributed by atoms with E-state index >= 15 is 0 Å². The summed E-state index contributed by atoms with van der Waals surface area (Å²) in [5, 5.41) is 17.8. The second-order valence-electron chi connectivity index (χ2n) is 5.36. The summed E-state index contributed by atoms with van der Waals surface area (Å²) >= 11 is 4.08. The third kappa shape index (κ3) is 4.06. The Bertz CT molecular complexity index is 962. The number of hydrogen-bond donors (Lipinski definition) is 2. The maximum Gasteiger partial charge on any atom is 0.277 e. The van der Waals surface area contributed by atoms with Crippen LogP contribution in [0.15, 0.2) is 52.1 Å². The van der Waals surface area contributed by atoms with Gasteiger partial charge in [-0.25, -0.2) is 5.43 Å². The summed E-state index contributed by atoms with van der Waals surface area (Å²) in [6.07, 6.45) is 1.52. The lowest BCUT2D eigenvalue weighted by atomic mass is 10.1. The minimum absolute atomic E-state index is 0.236. The number of nitrogens with zero attached hydrogens (tertiary/aromatic N) is 2. The van der Waals surface area contributed by atoms with E-state index in [9.17, 15) is 9.90 Å². The van der Waals surface area contributed by atoms with Crippen LogP contribution in [-0.2, 0) is 0 Å². The van der Waals surface area contributed by atoms with E-state index in [-0.39, 0.29) is 5.75 Å². The van der Waals surface area contributed by atoms with E-state index in [0.717, 1.165) is 11.1 Å². The molecule has 0 aliphatic rings. The number of carbonyl (C=O) groups is 1. The molecule has 132 valence electrons. The third-order valence-corrected chi connectivity index (χ3v) is 5.20. The number of amides is 1. The lowest BCUT2D eigenvalue weighted by Gasteiger charge is -2.03. The first-order valence-corrected chi connectivity index (χ1v) is 9.66. The summed E-state index contributed by atoms with van der Waals surface area (Å²) in [5.41, 5.74) is 4.89. The molecule has 1 amide bonds. The number of aryl methyl sites for hydroxylation is 1. The number of carbonyl (C=O) groups excluding carboxylic acids is 1. The molecule has 1 aromatic heterocycles. The lowest BCUT2D eigenvalue weighted by Crippen LogP contribution is -2.18. The van der Waals surface area contributed by atoms with E-state index in [1.54, 1.807) is 19.1 Å². The fourth-order valence-corrected chi connectivity index (χ4v) is 4.13. The second-order valence-corrected chi connectivity index (χ2v) is 7.69. The smallest absolute Gasteiger partial charge is 0.277 e. The standard InChI is InChI=1S/C18H13I2N3O3/c1-10-15(16(23-26-10)12-5-3-2-4-6-12)18(25)22-21-9-11-7-13(19)17(24)14(20)8-11/h2-9,24H,1H3,(H,22,25)/b21-9-. The van der Waals surface area contributed by atoms with Gasteiger partial charge in [0.15, 0.2) is 0 Å². The first-order chi connectivity index (χ1) is 12.5. The molecular weight excluding hydrogens is 560 g/mol. The van der Waals surface area contributed by atoms with Gasteiger partial charge in [-0.05, 0) is 69.8 Å². The summed E-state index contributed by atoms with van der Waals surface area (Å²) < 4.78 is 6.61. The summed E-state index contributed by atoms with van der Waals surface area (Å²) in [4.78, 5) is 12.5. The first-order valence-electron chi connectivity index (χ1n) is 7.50. The van der Waals surface area contributed by atoms with Gasteiger partial charge in [0.05, 0.1) is 13.4 Å². The van der Waals surface area contributed by atoms with Crippen molar-refractivity contribution < 1.29 is 14.4 Å². The Morgan fingerprint density at radius 1 is 1.23 bits per heavy atom. The quantitative estimate of drug-likeness (QED) is 0.277. The number of hydrogen-bond acceptors (Lipinski definition) is 5. The topological polar surface area (TPSA) is 87.7 Å². The van der Waals surface area contributed by atoms with Gasteiger partial charge >= 0.3 is 0 Å². The molecule has 2 N–H and O–H groups in total. The number of rotatable bonds is 4. The Kier molecular flexibility index (Phi) is 5.91. The molecule has 26 heavy (non-hydrogen) atoms. The second kappa shape index (κ2) is 8.16. The predicted molar refractivity (Wildman–Crippen MR) is 115 cm³/mol. The monoisotopic (exact) mass is 573 g/mol. The van der Waals surface area contributed by atoms with Crippen LogP contribution in [0.3, 0.4) is 0 Å². The van der Waals surface area contributed by atoms with Gasteiger partial charge in [0, 0.05) is 5.56 Å². The van der Waals surface area contributed by atoms with Gasteiger partial charge in [-0.3, -0.25) is 4.79 Å². The van der Waals surface area contributed by atoms with Gasteiger partial charge in [0.1, 0.15) is 22.8 Å². The Morgan fingerprint density at radius 3 is 2.54 bits per heavy atom. The van der Waals surface area contributed by atoms with Crippen molar-refractivity contribution in [3.63, 3.8) is 0 Å². The van der Waals surface area contributed by atoms with Crippen molar-refractivity contribution >= 4 is 57.3 Å². The zero-order chi connectivity index (χ0) is 18.7. The molecule has 0 unspecified atom stereocenters. The molecule has 0 atom stereocenters. The van der Waals surface area contributed by atoms with Crippen molar-refractivity contribution in [3.05, 3.63) is 66.5 Å². The van der Waals surface area contributed by atoms with Crippen LogP contribution < -0.4 is 5.43 Å². The Labute approximate surface area is 177 Å². The minimum Gasteiger partial charge on any atom is -0.506 e. The van der Waals surface area contributed by atoms with Gasteiger partial charge in [-0.15, -0.1) is 0 Å². The van der Waals surface area contributed by atoms with Crippen LogP contribution in [0.5, 0.6) is 5.75 Å². The van der Waals surface area contributed by atoms with E-state index in [1.807, 2.05) is 75.5 Å².